The Labute approximate surface area is 110 Å². The zero-order valence-electron chi connectivity index (χ0n) is 10.4. The molecule has 0 aliphatic carbocycles. The molecule has 0 bridgehead atoms. The molecule has 106 valence electrons. The van der Waals surface area contributed by atoms with Crippen LogP contribution in [0.4, 0.5) is 4.39 Å². The van der Waals surface area contributed by atoms with Gasteiger partial charge in [0, 0.05) is 13.6 Å². The monoisotopic (exact) mass is 291 g/mol. The van der Waals surface area contributed by atoms with E-state index >= 15 is 0 Å². The number of sulfonamides is 1. The molecule has 0 saturated carbocycles. The molecule has 1 rings (SSSR count). The summed E-state index contributed by atoms with van der Waals surface area (Å²) in [7, 11) is -2.72. The van der Waals surface area contributed by atoms with Crippen LogP contribution in [0.2, 0.25) is 0 Å². The number of benzene rings is 1. The lowest BCUT2D eigenvalue weighted by Gasteiger charge is -2.18. The van der Waals surface area contributed by atoms with Crippen LogP contribution in [0.25, 0.3) is 0 Å². The molecule has 0 radical (unpaired) electrons. The molecule has 1 atom stereocenters. The lowest BCUT2D eigenvalue weighted by molar-refractivity contribution is 0.0691. The van der Waals surface area contributed by atoms with Crippen LogP contribution in [0.3, 0.4) is 0 Å². The molecule has 6 nitrogen and oxygen atoms in total. The molecular weight excluding hydrogens is 277 g/mol. The minimum Gasteiger partial charge on any atom is -0.478 e. The van der Waals surface area contributed by atoms with Crippen molar-refractivity contribution >= 4 is 16.0 Å². The summed E-state index contributed by atoms with van der Waals surface area (Å²) in [6.07, 6.45) is -0.876. The predicted octanol–water partition coefficient (Wildman–Crippen LogP) is 0.525. The van der Waals surface area contributed by atoms with Gasteiger partial charge >= 0.3 is 5.97 Å². The van der Waals surface area contributed by atoms with Crippen molar-refractivity contribution in [2.75, 3.05) is 13.6 Å². The fraction of sp³-hybridized carbons (Fsp3) is 0.364. The van der Waals surface area contributed by atoms with E-state index in [1.54, 1.807) is 0 Å². The molecule has 1 aromatic rings. The Morgan fingerprint density at radius 1 is 1.47 bits per heavy atom. The molecule has 1 unspecified atom stereocenters. The number of likely N-dealkylation sites (N-methyl/N-ethyl adjacent to an activating group) is 1. The fourth-order valence-electron chi connectivity index (χ4n) is 1.48. The van der Waals surface area contributed by atoms with E-state index in [0.29, 0.717) is 0 Å². The van der Waals surface area contributed by atoms with Crippen LogP contribution in [0.1, 0.15) is 17.3 Å². The lowest BCUT2D eigenvalue weighted by Crippen LogP contribution is -2.33. The molecule has 0 aliphatic rings. The number of carboxylic acids is 1. The van der Waals surface area contributed by atoms with Gasteiger partial charge in [-0.15, -0.1) is 0 Å². The number of aliphatic hydroxyl groups excluding tert-OH is 1. The molecule has 1 aromatic carbocycles. The minimum absolute atomic E-state index is 0.151. The average molecular weight is 291 g/mol. The Morgan fingerprint density at radius 3 is 2.53 bits per heavy atom. The van der Waals surface area contributed by atoms with Crippen LogP contribution in [0.15, 0.2) is 23.1 Å². The summed E-state index contributed by atoms with van der Waals surface area (Å²) in [5, 5.41) is 17.9. The van der Waals surface area contributed by atoms with E-state index in [1.165, 1.54) is 14.0 Å². The second kappa shape index (κ2) is 5.64. The molecule has 8 heteroatoms. The zero-order valence-corrected chi connectivity index (χ0v) is 11.2. The number of hydrogen-bond acceptors (Lipinski definition) is 4. The first-order valence-electron chi connectivity index (χ1n) is 5.33. The molecule has 0 heterocycles. The van der Waals surface area contributed by atoms with Crippen LogP contribution in [0, 0.1) is 5.82 Å². The van der Waals surface area contributed by atoms with Crippen LogP contribution in [-0.4, -0.2) is 48.6 Å². The van der Waals surface area contributed by atoms with Crippen molar-refractivity contribution in [3.05, 3.63) is 29.6 Å². The first-order chi connectivity index (χ1) is 8.66. The number of rotatable bonds is 5. The smallest absolute Gasteiger partial charge is 0.338 e. The number of halogens is 1. The molecule has 0 fully saturated rings. The molecule has 0 aliphatic heterocycles. The van der Waals surface area contributed by atoms with Gasteiger partial charge in [0.1, 0.15) is 5.82 Å². The fourth-order valence-corrected chi connectivity index (χ4v) is 2.76. The van der Waals surface area contributed by atoms with Crippen LogP contribution < -0.4 is 0 Å². The highest BCUT2D eigenvalue weighted by Gasteiger charge is 2.24. The summed E-state index contributed by atoms with van der Waals surface area (Å²) in [6.45, 7) is 1.27. The summed E-state index contributed by atoms with van der Waals surface area (Å²) in [6, 6.07) is 2.52. The largest absolute Gasteiger partial charge is 0.478 e. The minimum atomic E-state index is -3.96. The van der Waals surface area contributed by atoms with E-state index in [-0.39, 0.29) is 11.4 Å². The quantitative estimate of drug-likeness (QED) is 0.825. The van der Waals surface area contributed by atoms with Crippen molar-refractivity contribution in [3.8, 4) is 0 Å². The number of aromatic carboxylic acids is 1. The van der Waals surface area contributed by atoms with Gasteiger partial charge in [0.25, 0.3) is 0 Å². The molecular formula is C11H14FNO5S. The average Bonchev–Trinajstić information content (AvgIpc) is 2.27. The summed E-state index contributed by atoms with van der Waals surface area (Å²) in [4.78, 5) is 10.4. The Balaban J connectivity index is 3.22. The van der Waals surface area contributed by atoms with Crippen LogP contribution in [-0.2, 0) is 10.0 Å². The maximum Gasteiger partial charge on any atom is 0.338 e. The zero-order chi connectivity index (χ0) is 14.8. The highest BCUT2D eigenvalue weighted by Crippen LogP contribution is 2.18. The van der Waals surface area contributed by atoms with Crippen molar-refractivity contribution < 1.29 is 27.8 Å². The second-order valence-corrected chi connectivity index (χ2v) is 6.13. The van der Waals surface area contributed by atoms with Crippen LogP contribution in [0.5, 0.6) is 0 Å². The third kappa shape index (κ3) is 3.49. The normalized spacial score (nSPS) is 13.5. The van der Waals surface area contributed by atoms with Gasteiger partial charge in [-0.1, -0.05) is 0 Å². The van der Waals surface area contributed by atoms with E-state index in [9.17, 15) is 17.6 Å². The van der Waals surface area contributed by atoms with E-state index in [0.717, 1.165) is 22.5 Å². The second-order valence-electron chi connectivity index (χ2n) is 4.08. The SMILES string of the molecule is CC(O)CN(C)S(=O)(=O)c1ccc(F)c(C(=O)O)c1. The van der Waals surface area contributed by atoms with Gasteiger partial charge in [0.2, 0.25) is 10.0 Å². The molecule has 0 amide bonds. The van der Waals surface area contributed by atoms with Gasteiger partial charge in [-0.3, -0.25) is 0 Å². The van der Waals surface area contributed by atoms with Gasteiger partial charge in [-0.25, -0.2) is 17.6 Å². The van der Waals surface area contributed by atoms with Gasteiger partial charge in [-0.2, -0.15) is 4.31 Å². The van der Waals surface area contributed by atoms with Crippen molar-refractivity contribution in [1.82, 2.24) is 4.31 Å². The Bertz CT molecular complexity index is 585. The first-order valence-corrected chi connectivity index (χ1v) is 6.77. The Morgan fingerprint density at radius 2 is 2.05 bits per heavy atom. The Hall–Kier alpha value is -1.51. The van der Waals surface area contributed by atoms with Gasteiger partial charge in [-0.05, 0) is 25.1 Å². The molecule has 0 spiro atoms. The third-order valence-corrected chi connectivity index (χ3v) is 4.22. The van der Waals surface area contributed by atoms with Gasteiger partial charge < -0.3 is 10.2 Å². The van der Waals surface area contributed by atoms with Crippen LogP contribution >= 0.6 is 0 Å². The lowest BCUT2D eigenvalue weighted by atomic mass is 10.2. The standard InChI is InChI=1S/C11H14FNO5S/c1-7(14)6-13(2)19(17,18)8-3-4-10(12)9(5-8)11(15)16/h3-5,7,14H,6H2,1-2H3,(H,15,16). The summed E-state index contributed by atoms with van der Waals surface area (Å²) < 4.78 is 38.2. The van der Waals surface area contributed by atoms with Crippen molar-refractivity contribution in [3.63, 3.8) is 0 Å². The van der Waals surface area contributed by atoms with Crippen molar-refractivity contribution in [2.24, 2.45) is 0 Å². The van der Waals surface area contributed by atoms with Crippen molar-refractivity contribution in [2.45, 2.75) is 17.9 Å². The molecule has 2 N–H and O–H groups in total. The van der Waals surface area contributed by atoms with Gasteiger partial charge in [0.15, 0.2) is 0 Å². The highest BCUT2D eigenvalue weighted by molar-refractivity contribution is 7.89. The molecule has 0 saturated heterocycles. The van der Waals surface area contributed by atoms with E-state index in [2.05, 4.69) is 0 Å². The number of aliphatic hydroxyl groups is 1. The van der Waals surface area contributed by atoms with Crippen molar-refractivity contribution in [1.29, 1.82) is 0 Å². The summed E-state index contributed by atoms with van der Waals surface area (Å²) in [5.74, 6) is -2.56. The highest BCUT2D eigenvalue weighted by atomic mass is 32.2. The molecule has 19 heavy (non-hydrogen) atoms. The molecule has 0 aromatic heterocycles. The summed E-state index contributed by atoms with van der Waals surface area (Å²) in [5.41, 5.74) is -0.716. The van der Waals surface area contributed by atoms with E-state index in [1.807, 2.05) is 0 Å². The van der Waals surface area contributed by atoms with Gasteiger partial charge in [0.05, 0.1) is 16.6 Å². The number of carboxylic acid groups (broad SMARTS) is 1. The van der Waals surface area contributed by atoms with E-state index < -0.39 is 33.5 Å². The number of hydrogen-bond donors (Lipinski definition) is 2. The topological polar surface area (TPSA) is 94.9 Å². The number of nitrogens with zero attached hydrogens (tertiary/aromatic N) is 1. The maximum absolute atomic E-state index is 13.2. The first kappa shape index (κ1) is 15.5. The Kier molecular flexibility index (Phi) is 4.61. The third-order valence-electron chi connectivity index (χ3n) is 2.40. The summed E-state index contributed by atoms with van der Waals surface area (Å²) >= 11 is 0. The number of carbonyl (C=O) groups is 1. The maximum atomic E-state index is 13.2. The van der Waals surface area contributed by atoms with E-state index in [4.69, 9.17) is 10.2 Å². The predicted molar refractivity (Wildman–Crippen MR) is 64.9 cm³/mol.